The zero-order valence-electron chi connectivity index (χ0n) is 14.7. The van der Waals surface area contributed by atoms with Crippen LogP contribution in [-0.2, 0) is 4.79 Å². The fourth-order valence-corrected chi connectivity index (χ4v) is 3.00. The van der Waals surface area contributed by atoms with Crippen LogP contribution in [-0.4, -0.2) is 31.1 Å². The van der Waals surface area contributed by atoms with Crippen molar-refractivity contribution in [2.75, 3.05) is 13.2 Å². The van der Waals surface area contributed by atoms with Gasteiger partial charge in [0.15, 0.2) is 0 Å². The molecule has 0 aromatic heterocycles. The summed E-state index contributed by atoms with van der Waals surface area (Å²) < 4.78 is 5.82. The summed E-state index contributed by atoms with van der Waals surface area (Å²) in [6, 6.07) is 7.08. The summed E-state index contributed by atoms with van der Waals surface area (Å²) in [7, 11) is 0. The highest BCUT2D eigenvalue weighted by atomic mass is 16.5. The molecule has 4 heteroatoms. The van der Waals surface area contributed by atoms with Gasteiger partial charge in [-0.25, -0.2) is 0 Å². The van der Waals surface area contributed by atoms with Crippen molar-refractivity contribution in [2.45, 2.75) is 65.0 Å². The number of piperidine rings is 1. The summed E-state index contributed by atoms with van der Waals surface area (Å²) in [6.07, 6.45) is 4.43. The minimum atomic E-state index is 0.177. The molecular weight excluding hydrogens is 288 g/mol. The SMILES string of the molecule is Cc1ccc(C)c(OCCCCC(=O)NC2CCNC(C)C2)c1. The molecular formula is C19H30N2O2. The Bertz CT molecular complexity index is 516. The maximum Gasteiger partial charge on any atom is 0.220 e. The van der Waals surface area contributed by atoms with Gasteiger partial charge in [0.2, 0.25) is 5.91 Å². The monoisotopic (exact) mass is 318 g/mol. The highest BCUT2D eigenvalue weighted by molar-refractivity contribution is 5.76. The summed E-state index contributed by atoms with van der Waals surface area (Å²) >= 11 is 0. The Labute approximate surface area is 140 Å². The highest BCUT2D eigenvalue weighted by Gasteiger charge is 2.19. The van der Waals surface area contributed by atoms with Gasteiger partial charge in [-0.05, 0) is 70.2 Å². The number of unbranched alkanes of at least 4 members (excludes halogenated alkanes) is 1. The summed E-state index contributed by atoms with van der Waals surface area (Å²) in [4.78, 5) is 12.0. The number of amides is 1. The van der Waals surface area contributed by atoms with Crippen LogP contribution in [0.5, 0.6) is 5.75 Å². The van der Waals surface area contributed by atoms with Crippen LogP contribution < -0.4 is 15.4 Å². The van der Waals surface area contributed by atoms with Crippen LogP contribution in [0.1, 0.15) is 50.2 Å². The molecule has 2 N–H and O–H groups in total. The molecule has 1 aromatic rings. The number of nitrogens with one attached hydrogen (secondary N) is 2. The quantitative estimate of drug-likeness (QED) is 0.760. The van der Waals surface area contributed by atoms with Gasteiger partial charge in [0.1, 0.15) is 5.75 Å². The van der Waals surface area contributed by atoms with Crippen molar-refractivity contribution in [1.82, 2.24) is 10.6 Å². The number of hydrogen-bond donors (Lipinski definition) is 2. The second kappa shape index (κ2) is 8.92. The fourth-order valence-electron chi connectivity index (χ4n) is 3.00. The fraction of sp³-hybridized carbons (Fsp3) is 0.632. The van der Waals surface area contributed by atoms with Crippen LogP contribution in [0.3, 0.4) is 0 Å². The maximum absolute atomic E-state index is 12.0. The number of carbonyl (C=O) groups excluding carboxylic acids is 1. The minimum Gasteiger partial charge on any atom is -0.493 e. The largest absolute Gasteiger partial charge is 0.493 e. The van der Waals surface area contributed by atoms with Crippen molar-refractivity contribution in [2.24, 2.45) is 0 Å². The molecule has 1 aliphatic heterocycles. The predicted octanol–water partition coefficient (Wildman–Crippen LogP) is 3.11. The van der Waals surface area contributed by atoms with Crippen LogP contribution in [0.2, 0.25) is 0 Å². The summed E-state index contributed by atoms with van der Waals surface area (Å²) in [5.41, 5.74) is 2.37. The molecule has 0 spiro atoms. The average molecular weight is 318 g/mol. The number of hydrogen-bond acceptors (Lipinski definition) is 3. The second-order valence-corrected chi connectivity index (χ2v) is 6.72. The second-order valence-electron chi connectivity index (χ2n) is 6.72. The third kappa shape index (κ3) is 6.22. The molecule has 1 aliphatic rings. The van der Waals surface area contributed by atoms with Gasteiger partial charge in [-0.2, -0.15) is 0 Å². The molecule has 0 aliphatic carbocycles. The Morgan fingerprint density at radius 1 is 1.35 bits per heavy atom. The van der Waals surface area contributed by atoms with Gasteiger partial charge in [0, 0.05) is 18.5 Å². The number of rotatable bonds is 7. The Kier molecular flexibility index (Phi) is 6.90. The van der Waals surface area contributed by atoms with Crippen LogP contribution in [0.4, 0.5) is 0 Å². The topological polar surface area (TPSA) is 50.4 Å². The molecule has 1 amide bonds. The van der Waals surface area contributed by atoms with E-state index >= 15 is 0 Å². The molecule has 1 aromatic carbocycles. The van der Waals surface area contributed by atoms with Gasteiger partial charge in [0.25, 0.3) is 0 Å². The Morgan fingerprint density at radius 3 is 2.96 bits per heavy atom. The Hall–Kier alpha value is -1.55. The Balaban J connectivity index is 1.59. The number of aryl methyl sites for hydroxylation is 2. The molecule has 23 heavy (non-hydrogen) atoms. The first kappa shape index (κ1) is 17.8. The summed E-state index contributed by atoms with van der Waals surface area (Å²) in [5.74, 6) is 1.13. The number of benzene rings is 1. The molecule has 1 heterocycles. The molecule has 0 bridgehead atoms. The maximum atomic E-state index is 12.0. The minimum absolute atomic E-state index is 0.177. The lowest BCUT2D eigenvalue weighted by atomic mass is 10.0. The molecule has 1 fully saturated rings. The molecule has 2 atom stereocenters. The van der Waals surface area contributed by atoms with Crippen molar-refractivity contribution >= 4 is 5.91 Å². The van der Waals surface area contributed by atoms with Gasteiger partial charge < -0.3 is 15.4 Å². The van der Waals surface area contributed by atoms with Crippen molar-refractivity contribution in [3.05, 3.63) is 29.3 Å². The van der Waals surface area contributed by atoms with Gasteiger partial charge in [-0.15, -0.1) is 0 Å². The summed E-state index contributed by atoms with van der Waals surface area (Å²) in [5, 5.41) is 6.56. The van der Waals surface area contributed by atoms with Gasteiger partial charge in [-0.3, -0.25) is 4.79 Å². The molecule has 0 radical (unpaired) electrons. The molecule has 2 rings (SSSR count). The van der Waals surface area contributed by atoms with E-state index in [1.807, 2.05) is 0 Å². The normalized spacial score (nSPS) is 21.0. The van der Waals surface area contributed by atoms with Crippen molar-refractivity contribution in [1.29, 1.82) is 0 Å². The standard InChI is InChI=1S/C19H30N2O2/c1-14-7-8-15(2)18(12-14)23-11-5-4-6-19(22)21-17-9-10-20-16(3)13-17/h7-8,12,16-17,20H,4-6,9-11,13H2,1-3H3,(H,21,22). The van der Waals surface area contributed by atoms with E-state index in [1.54, 1.807) is 0 Å². The summed E-state index contributed by atoms with van der Waals surface area (Å²) in [6.45, 7) is 7.96. The lowest BCUT2D eigenvalue weighted by Crippen LogP contribution is -2.46. The van der Waals surface area contributed by atoms with E-state index in [4.69, 9.17) is 4.74 Å². The van der Waals surface area contributed by atoms with E-state index in [0.29, 0.717) is 25.1 Å². The third-order valence-electron chi connectivity index (χ3n) is 4.39. The molecule has 2 unspecified atom stereocenters. The van der Waals surface area contributed by atoms with E-state index in [2.05, 4.69) is 49.6 Å². The molecule has 1 saturated heterocycles. The molecule has 0 saturated carbocycles. The highest BCUT2D eigenvalue weighted by Crippen LogP contribution is 2.19. The van der Waals surface area contributed by atoms with Gasteiger partial charge >= 0.3 is 0 Å². The molecule has 128 valence electrons. The van der Waals surface area contributed by atoms with E-state index in [9.17, 15) is 4.79 Å². The van der Waals surface area contributed by atoms with Crippen LogP contribution >= 0.6 is 0 Å². The zero-order chi connectivity index (χ0) is 16.7. The number of carbonyl (C=O) groups is 1. The first-order valence-corrected chi connectivity index (χ1v) is 8.77. The zero-order valence-corrected chi connectivity index (χ0v) is 14.7. The van der Waals surface area contributed by atoms with Gasteiger partial charge in [-0.1, -0.05) is 12.1 Å². The predicted molar refractivity (Wildman–Crippen MR) is 93.9 cm³/mol. The van der Waals surface area contributed by atoms with Gasteiger partial charge in [0.05, 0.1) is 6.61 Å². The van der Waals surface area contributed by atoms with Crippen molar-refractivity contribution in [3.63, 3.8) is 0 Å². The van der Waals surface area contributed by atoms with E-state index in [1.165, 1.54) is 5.56 Å². The van der Waals surface area contributed by atoms with E-state index in [0.717, 1.165) is 43.5 Å². The molecule has 4 nitrogen and oxygen atoms in total. The smallest absolute Gasteiger partial charge is 0.220 e. The van der Waals surface area contributed by atoms with Crippen LogP contribution in [0, 0.1) is 13.8 Å². The first-order chi connectivity index (χ1) is 11.0. The van der Waals surface area contributed by atoms with Crippen LogP contribution in [0.25, 0.3) is 0 Å². The lowest BCUT2D eigenvalue weighted by Gasteiger charge is -2.28. The van der Waals surface area contributed by atoms with E-state index < -0.39 is 0 Å². The average Bonchev–Trinajstić information content (AvgIpc) is 2.50. The lowest BCUT2D eigenvalue weighted by molar-refractivity contribution is -0.122. The first-order valence-electron chi connectivity index (χ1n) is 8.77. The van der Waals surface area contributed by atoms with Crippen LogP contribution in [0.15, 0.2) is 18.2 Å². The Morgan fingerprint density at radius 2 is 2.17 bits per heavy atom. The third-order valence-corrected chi connectivity index (χ3v) is 4.39. The van der Waals surface area contributed by atoms with Crippen molar-refractivity contribution in [3.8, 4) is 5.75 Å². The van der Waals surface area contributed by atoms with E-state index in [-0.39, 0.29) is 5.91 Å². The number of ether oxygens (including phenoxy) is 1. The van der Waals surface area contributed by atoms with Crippen molar-refractivity contribution < 1.29 is 9.53 Å².